The van der Waals surface area contributed by atoms with Gasteiger partial charge in [0.2, 0.25) is 5.95 Å². The van der Waals surface area contributed by atoms with Crippen LogP contribution in [0.2, 0.25) is 0 Å². The first-order valence-corrected chi connectivity index (χ1v) is 7.73. The molecule has 3 aromatic rings. The van der Waals surface area contributed by atoms with Crippen molar-refractivity contribution in [2.45, 2.75) is 13.5 Å². The molecule has 22 heavy (non-hydrogen) atoms. The third-order valence-electron chi connectivity index (χ3n) is 3.27. The van der Waals surface area contributed by atoms with E-state index in [9.17, 15) is 9.59 Å². The molecule has 0 aliphatic heterocycles. The van der Waals surface area contributed by atoms with Gasteiger partial charge in [0.1, 0.15) is 12.1 Å². The lowest BCUT2D eigenvalue weighted by Gasteiger charge is -2.16. The summed E-state index contributed by atoms with van der Waals surface area (Å²) in [6.07, 6.45) is 0. The molecule has 0 amide bonds. The Balaban J connectivity index is 2.25. The van der Waals surface area contributed by atoms with Crippen LogP contribution < -0.4 is 10.5 Å². The van der Waals surface area contributed by atoms with Crippen molar-refractivity contribution in [1.82, 2.24) is 14.2 Å². The van der Waals surface area contributed by atoms with Crippen LogP contribution in [0.1, 0.15) is 6.92 Å². The lowest BCUT2D eigenvalue weighted by atomic mass is 10.5. The SMILES string of the molecule is CCOC(=O)Cn1nc(N(C)C)n2c(cc3sccc32)c1=O. The quantitative estimate of drug-likeness (QED) is 0.679. The van der Waals surface area contributed by atoms with Gasteiger partial charge in [-0.3, -0.25) is 14.0 Å². The van der Waals surface area contributed by atoms with Crippen LogP contribution in [0.3, 0.4) is 0 Å². The van der Waals surface area contributed by atoms with E-state index in [1.165, 1.54) is 0 Å². The van der Waals surface area contributed by atoms with Crippen molar-refractivity contribution >= 4 is 39.0 Å². The minimum Gasteiger partial charge on any atom is -0.465 e. The second kappa shape index (κ2) is 5.45. The molecule has 7 nitrogen and oxygen atoms in total. The number of carbonyl (C=O) groups is 1. The largest absolute Gasteiger partial charge is 0.465 e. The standard InChI is InChI=1S/C14H16N4O3S/c1-4-21-12(19)8-17-13(20)10-7-11-9(5-6-22-11)18(10)14(15-17)16(2)3/h5-7H,4,8H2,1-3H3. The summed E-state index contributed by atoms with van der Waals surface area (Å²) in [5.41, 5.74) is 1.14. The van der Waals surface area contributed by atoms with Crippen LogP contribution in [-0.2, 0) is 16.1 Å². The smallest absolute Gasteiger partial charge is 0.327 e. The van der Waals surface area contributed by atoms with Crippen LogP contribution in [0.15, 0.2) is 22.3 Å². The van der Waals surface area contributed by atoms with E-state index in [1.807, 2.05) is 40.9 Å². The first-order valence-electron chi connectivity index (χ1n) is 6.85. The van der Waals surface area contributed by atoms with Crippen LogP contribution in [0, 0.1) is 0 Å². The summed E-state index contributed by atoms with van der Waals surface area (Å²) in [5, 5.41) is 6.29. The minimum atomic E-state index is -0.473. The number of anilines is 1. The van der Waals surface area contributed by atoms with Gasteiger partial charge in [-0.1, -0.05) is 0 Å². The van der Waals surface area contributed by atoms with Crippen molar-refractivity contribution in [2.24, 2.45) is 0 Å². The molecule has 0 fully saturated rings. The van der Waals surface area contributed by atoms with Crippen molar-refractivity contribution in [3.05, 3.63) is 27.9 Å². The number of hydrogen-bond acceptors (Lipinski definition) is 6. The molecule has 0 radical (unpaired) electrons. The van der Waals surface area contributed by atoms with Gasteiger partial charge in [-0.05, 0) is 24.4 Å². The molecule has 0 aromatic carbocycles. The van der Waals surface area contributed by atoms with Crippen molar-refractivity contribution in [3.63, 3.8) is 0 Å². The molecule has 0 saturated heterocycles. The minimum absolute atomic E-state index is 0.192. The zero-order valence-electron chi connectivity index (χ0n) is 12.6. The highest BCUT2D eigenvalue weighted by molar-refractivity contribution is 7.17. The van der Waals surface area contributed by atoms with Crippen molar-refractivity contribution < 1.29 is 9.53 Å². The summed E-state index contributed by atoms with van der Waals surface area (Å²) in [6, 6.07) is 3.79. The highest BCUT2D eigenvalue weighted by Crippen LogP contribution is 2.26. The molecule has 0 atom stereocenters. The van der Waals surface area contributed by atoms with E-state index >= 15 is 0 Å². The molecule has 0 aliphatic carbocycles. The monoisotopic (exact) mass is 320 g/mol. The summed E-state index contributed by atoms with van der Waals surface area (Å²) in [4.78, 5) is 26.0. The number of aromatic nitrogens is 3. The van der Waals surface area contributed by atoms with Gasteiger partial charge in [-0.2, -0.15) is 0 Å². The zero-order chi connectivity index (χ0) is 15.9. The molecule has 3 heterocycles. The van der Waals surface area contributed by atoms with Crippen molar-refractivity contribution in [3.8, 4) is 0 Å². The summed E-state index contributed by atoms with van der Waals surface area (Å²) in [5.74, 6) is 0.117. The predicted octanol–water partition coefficient (Wildman–Crippen LogP) is 1.34. The topological polar surface area (TPSA) is 68.8 Å². The number of hydrogen-bond donors (Lipinski definition) is 0. The molecule has 0 bridgehead atoms. The lowest BCUT2D eigenvalue weighted by Crippen LogP contribution is -2.31. The normalized spacial score (nSPS) is 11.2. The molecule has 116 valence electrons. The zero-order valence-corrected chi connectivity index (χ0v) is 13.4. The van der Waals surface area contributed by atoms with Gasteiger partial charge in [0.05, 0.1) is 16.8 Å². The second-order valence-corrected chi connectivity index (χ2v) is 5.95. The van der Waals surface area contributed by atoms with Crippen LogP contribution >= 0.6 is 11.3 Å². The molecule has 0 saturated carbocycles. The van der Waals surface area contributed by atoms with E-state index in [1.54, 1.807) is 18.3 Å². The molecule has 0 aliphatic rings. The van der Waals surface area contributed by atoms with Crippen LogP contribution in [0.5, 0.6) is 0 Å². The average Bonchev–Trinajstić information content (AvgIpc) is 3.03. The third kappa shape index (κ3) is 2.25. The Bertz CT molecular complexity index is 906. The second-order valence-electron chi connectivity index (χ2n) is 5.00. The van der Waals surface area contributed by atoms with Crippen molar-refractivity contribution in [1.29, 1.82) is 0 Å². The Morgan fingerprint density at radius 1 is 1.41 bits per heavy atom. The van der Waals surface area contributed by atoms with E-state index in [-0.39, 0.29) is 18.7 Å². The Morgan fingerprint density at radius 2 is 2.18 bits per heavy atom. The predicted molar refractivity (Wildman–Crippen MR) is 85.8 cm³/mol. The van der Waals surface area contributed by atoms with Gasteiger partial charge in [-0.25, -0.2) is 4.68 Å². The van der Waals surface area contributed by atoms with Gasteiger partial charge in [0.15, 0.2) is 0 Å². The van der Waals surface area contributed by atoms with E-state index in [0.717, 1.165) is 14.9 Å². The van der Waals surface area contributed by atoms with Crippen LogP contribution in [0.25, 0.3) is 15.7 Å². The molecular weight excluding hydrogens is 304 g/mol. The fourth-order valence-corrected chi connectivity index (χ4v) is 3.16. The number of nitrogens with zero attached hydrogens (tertiary/aromatic N) is 4. The maximum atomic E-state index is 12.6. The summed E-state index contributed by atoms with van der Waals surface area (Å²) in [7, 11) is 3.69. The number of carbonyl (C=O) groups excluding carboxylic acids is 1. The summed E-state index contributed by atoms with van der Waals surface area (Å²) in [6.45, 7) is 1.81. The first-order chi connectivity index (χ1) is 10.5. The molecule has 8 heteroatoms. The Hall–Kier alpha value is -2.35. The van der Waals surface area contributed by atoms with Crippen LogP contribution in [-0.4, -0.2) is 40.9 Å². The third-order valence-corrected chi connectivity index (χ3v) is 4.12. The van der Waals surface area contributed by atoms with Gasteiger partial charge in [-0.15, -0.1) is 16.4 Å². The Morgan fingerprint density at radius 3 is 2.86 bits per heavy atom. The highest BCUT2D eigenvalue weighted by Gasteiger charge is 2.17. The molecule has 0 N–H and O–H groups in total. The Kier molecular flexibility index (Phi) is 3.61. The molecule has 0 unspecified atom stereocenters. The number of thiophene rings is 1. The fourth-order valence-electron chi connectivity index (χ4n) is 2.35. The highest BCUT2D eigenvalue weighted by atomic mass is 32.1. The number of rotatable bonds is 4. The van der Waals surface area contributed by atoms with Gasteiger partial charge < -0.3 is 9.64 Å². The maximum Gasteiger partial charge on any atom is 0.327 e. The average molecular weight is 320 g/mol. The molecular formula is C14H16N4O3S. The summed E-state index contributed by atoms with van der Waals surface area (Å²) >= 11 is 1.56. The lowest BCUT2D eigenvalue weighted by molar-refractivity contribution is -0.144. The van der Waals surface area contributed by atoms with Gasteiger partial charge in [0, 0.05) is 14.1 Å². The maximum absolute atomic E-state index is 12.6. The summed E-state index contributed by atoms with van der Waals surface area (Å²) < 4.78 is 8.88. The number of ether oxygens (including phenoxy) is 1. The Labute approximate surface area is 130 Å². The van der Waals surface area contributed by atoms with Gasteiger partial charge in [0.25, 0.3) is 5.56 Å². The van der Waals surface area contributed by atoms with E-state index in [2.05, 4.69) is 5.10 Å². The fraction of sp³-hybridized carbons (Fsp3) is 0.357. The number of esters is 1. The van der Waals surface area contributed by atoms with E-state index in [0.29, 0.717) is 11.5 Å². The first kappa shape index (κ1) is 14.6. The number of fused-ring (bicyclic) bond motifs is 3. The van der Waals surface area contributed by atoms with Crippen molar-refractivity contribution in [2.75, 3.05) is 25.6 Å². The van der Waals surface area contributed by atoms with Crippen LogP contribution in [0.4, 0.5) is 5.95 Å². The molecule has 3 aromatic heterocycles. The van der Waals surface area contributed by atoms with Gasteiger partial charge >= 0.3 is 5.97 Å². The molecule has 3 rings (SSSR count). The van der Waals surface area contributed by atoms with E-state index < -0.39 is 5.97 Å². The molecule has 0 spiro atoms. The van der Waals surface area contributed by atoms with E-state index in [4.69, 9.17) is 4.74 Å².